The van der Waals surface area contributed by atoms with Gasteiger partial charge in [-0.05, 0) is 42.2 Å². The first-order valence-corrected chi connectivity index (χ1v) is 9.96. The summed E-state index contributed by atoms with van der Waals surface area (Å²) in [5.74, 6) is 0. The number of carbonyl (C=O) groups excluding carboxylic acids is 1. The molecule has 7 heteroatoms. The summed E-state index contributed by atoms with van der Waals surface area (Å²) < 4.78 is 30.5. The number of carbonyl (C=O) groups is 1. The molecule has 1 aliphatic rings. The van der Waals surface area contributed by atoms with Crippen molar-refractivity contribution in [3.63, 3.8) is 0 Å². The van der Waals surface area contributed by atoms with E-state index in [1.165, 1.54) is 11.0 Å². The van der Waals surface area contributed by atoms with Gasteiger partial charge in [0.15, 0.2) is 9.84 Å². The van der Waals surface area contributed by atoms with Crippen LogP contribution >= 0.6 is 0 Å². The molecule has 2 aromatic carbocycles. The molecule has 0 spiro atoms. The van der Waals surface area contributed by atoms with Crippen molar-refractivity contribution in [2.75, 3.05) is 12.8 Å². The maximum absolute atomic E-state index is 12.6. The second kappa shape index (κ2) is 7.37. The first-order valence-electron chi connectivity index (χ1n) is 8.42. The monoisotopic (exact) mass is 374 g/mol. The van der Waals surface area contributed by atoms with Crippen LogP contribution < -0.4 is 5.73 Å². The van der Waals surface area contributed by atoms with Crippen molar-refractivity contribution in [2.24, 2.45) is 0 Å². The Labute approximate surface area is 153 Å². The van der Waals surface area contributed by atoms with Crippen LogP contribution in [0, 0.1) is 0 Å². The molecule has 0 radical (unpaired) electrons. The van der Waals surface area contributed by atoms with E-state index >= 15 is 0 Å². The van der Waals surface area contributed by atoms with Crippen molar-refractivity contribution in [2.45, 2.75) is 36.1 Å². The number of nitrogens with zero attached hydrogens (tertiary/aromatic N) is 1. The van der Waals surface area contributed by atoms with Gasteiger partial charge in [-0.25, -0.2) is 13.2 Å². The number of ether oxygens (including phenoxy) is 1. The zero-order chi connectivity index (χ0) is 18.7. The van der Waals surface area contributed by atoms with Crippen LogP contribution in [0.4, 0.5) is 10.5 Å². The molecule has 3 rings (SSSR count). The molecule has 0 atom stereocenters. The van der Waals surface area contributed by atoms with E-state index < -0.39 is 15.9 Å². The highest BCUT2D eigenvalue weighted by Gasteiger charge is 2.38. The van der Waals surface area contributed by atoms with E-state index in [1.807, 2.05) is 30.3 Å². The molecule has 138 valence electrons. The van der Waals surface area contributed by atoms with Crippen molar-refractivity contribution >= 4 is 21.6 Å². The predicted octanol–water partition coefficient (Wildman–Crippen LogP) is 2.97. The molecular weight excluding hydrogens is 352 g/mol. The van der Waals surface area contributed by atoms with Gasteiger partial charge in [-0.1, -0.05) is 30.3 Å². The number of hydrogen-bond acceptors (Lipinski definition) is 5. The SMILES string of the molecule is CN(Cc1cc(N)ccc1S(=O)(=O)C1CC1)C(=O)OCc1ccccc1. The minimum Gasteiger partial charge on any atom is -0.445 e. The van der Waals surface area contributed by atoms with E-state index in [-0.39, 0.29) is 23.3 Å². The van der Waals surface area contributed by atoms with Crippen molar-refractivity contribution in [1.82, 2.24) is 4.90 Å². The molecule has 2 N–H and O–H groups in total. The Morgan fingerprint density at radius 1 is 1.19 bits per heavy atom. The number of nitrogens with two attached hydrogens (primary N) is 1. The van der Waals surface area contributed by atoms with Crippen LogP contribution in [-0.4, -0.2) is 31.7 Å². The second-order valence-electron chi connectivity index (χ2n) is 6.51. The predicted molar refractivity (Wildman–Crippen MR) is 99.2 cm³/mol. The fourth-order valence-electron chi connectivity index (χ4n) is 2.71. The molecule has 0 bridgehead atoms. The third kappa shape index (κ3) is 4.16. The van der Waals surface area contributed by atoms with Crippen LogP contribution in [0.3, 0.4) is 0 Å². The van der Waals surface area contributed by atoms with Crippen LogP contribution in [0.2, 0.25) is 0 Å². The van der Waals surface area contributed by atoms with E-state index in [4.69, 9.17) is 10.5 Å². The summed E-state index contributed by atoms with van der Waals surface area (Å²) in [6, 6.07) is 14.1. The van der Waals surface area contributed by atoms with E-state index in [1.54, 1.807) is 19.2 Å². The van der Waals surface area contributed by atoms with Gasteiger partial charge < -0.3 is 15.4 Å². The fraction of sp³-hybridized carbons (Fsp3) is 0.316. The van der Waals surface area contributed by atoms with Crippen LogP contribution in [-0.2, 0) is 27.7 Å². The van der Waals surface area contributed by atoms with E-state index in [0.29, 0.717) is 24.1 Å². The lowest BCUT2D eigenvalue weighted by molar-refractivity contribution is 0.102. The van der Waals surface area contributed by atoms with Crippen LogP contribution in [0.1, 0.15) is 24.0 Å². The average molecular weight is 374 g/mol. The Kier molecular flexibility index (Phi) is 5.18. The molecule has 6 nitrogen and oxygen atoms in total. The normalized spacial score (nSPS) is 14.0. The van der Waals surface area contributed by atoms with Gasteiger partial charge in [0.2, 0.25) is 0 Å². The first kappa shape index (κ1) is 18.3. The zero-order valence-electron chi connectivity index (χ0n) is 14.6. The number of amides is 1. The van der Waals surface area contributed by atoms with Crippen LogP contribution in [0.5, 0.6) is 0 Å². The molecule has 0 heterocycles. The number of benzene rings is 2. The van der Waals surface area contributed by atoms with Crippen molar-refractivity contribution in [3.8, 4) is 0 Å². The van der Waals surface area contributed by atoms with E-state index in [9.17, 15) is 13.2 Å². The van der Waals surface area contributed by atoms with E-state index in [2.05, 4.69) is 0 Å². The number of rotatable bonds is 6. The molecule has 0 aliphatic heterocycles. The van der Waals surface area contributed by atoms with Crippen molar-refractivity contribution < 1.29 is 17.9 Å². The summed E-state index contributed by atoms with van der Waals surface area (Å²) in [6.45, 7) is 0.272. The topological polar surface area (TPSA) is 89.7 Å². The molecule has 26 heavy (non-hydrogen) atoms. The smallest absolute Gasteiger partial charge is 0.410 e. The Balaban J connectivity index is 1.71. The summed E-state index contributed by atoms with van der Waals surface area (Å²) in [7, 11) is -1.80. The molecule has 1 fully saturated rings. The average Bonchev–Trinajstić information content (AvgIpc) is 3.46. The van der Waals surface area contributed by atoms with Gasteiger partial charge in [0.05, 0.1) is 16.7 Å². The van der Waals surface area contributed by atoms with Crippen molar-refractivity contribution in [1.29, 1.82) is 0 Å². The number of sulfone groups is 1. The minimum atomic E-state index is -3.37. The summed E-state index contributed by atoms with van der Waals surface area (Å²) in [4.78, 5) is 13.8. The van der Waals surface area contributed by atoms with Gasteiger partial charge in [-0.15, -0.1) is 0 Å². The highest BCUT2D eigenvalue weighted by atomic mass is 32.2. The number of hydrogen-bond donors (Lipinski definition) is 1. The molecule has 1 saturated carbocycles. The van der Waals surface area contributed by atoms with Gasteiger partial charge in [0, 0.05) is 12.7 Å². The Morgan fingerprint density at radius 3 is 2.54 bits per heavy atom. The third-order valence-electron chi connectivity index (χ3n) is 4.28. The summed E-state index contributed by atoms with van der Waals surface area (Å²) >= 11 is 0. The summed E-state index contributed by atoms with van der Waals surface area (Å²) in [5.41, 5.74) is 7.67. The van der Waals surface area contributed by atoms with Gasteiger partial charge in [-0.3, -0.25) is 0 Å². The second-order valence-corrected chi connectivity index (χ2v) is 8.70. The minimum absolute atomic E-state index is 0.111. The first-order chi connectivity index (χ1) is 12.4. The molecular formula is C19H22N2O4S. The lowest BCUT2D eigenvalue weighted by Crippen LogP contribution is -2.28. The molecule has 0 saturated heterocycles. The Bertz CT molecular complexity index is 893. The van der Waals surface area contributed by atoms with Crippen LogP contribution in [0.25, 0.3) is 0 Å². The summed E-state index contributed by atoms with van der Waals surface area (Å²) in [6.07, 6.45) is 0.841. The fourth-order valence-corrected chi connectivity index (χ4v) is 4.57. The number of nitrogen functional groups attached to an aromatic ring is 1. The summed E-state index contributed by atoms with van der Waals surface area (Å²) in [5, 5.41) is -0.319. The Hall–Kier alpha value is -2.54. The lowest BCUT2D eigenvalue weighted by atomic mass is 10.2. The van der Waals surface area contributed by atoms with Gasteiger partial charge >= 0.3 is 6.09 Å². The molecule has 0 aromatic heterocycles. The standard InChI is InChI=1S/C19H22N2O4S/c1-21(19(22)25-13-14-5-3-2-4-6-14)12-15-11-16(20)7-10-18(15)26(23,24)17-8-9-17/h2-7,10-11,17H,8-9,12-13,20H2,1H3. The lowest BCUT2D eigenvalue weighted by Gasteiger charge is -2.19. The molecule has 1 aliphatic carbocycles. The third-order valence-corrected chi connectivity index (χ3v) is 6.64. The van der Waals surface area contributed by atoms with Crippen LogP contribution in [0.15, 0.2) is 53.4 Å². The quantitative estimate of drug-likeness (QED) is 0.785. The highest BCUT2D eigenvalue weighted by Crippen LogP contribution is 2.35. The van der Waals surface area contributed by atoms with E-state index in [0.717, 1.165) is 5.56 Å². The molecule has 0 unspecified atom stereocenters. The molecule has 1 amide bonds. The van der Waals surface area contributed by atoms with Gasteiger partial charge in [-0.2, -0.15) is 0 Å². The zero-order valence-corrected chi connectivity index (χ0v) is 15.4. The Morgan fingerprint density at radius 2 is 1.88 bits per heavy atom. The maximum atomic E-state index is 12.6. The largest absolute Gasteiger partial charge is 0.445 e. The van der Waals surface area contributed by atoms with Gasteiger partial charge in [0.25, 0.3) is 0 Å². The van der Waals surface area contributed by atoms with Gasteiger partial charge in [0.1, 0.15) is 6.61 Å². The highest BCUT2D eigenvalue weighted by molar-refractivity contribution is 7.92. The maximum Gasteiger partial charge on any atom is 0.410 e. The van der Waals surface area contributed by atoms with Crippen molar-refractivity contribution in [3.05, 3.63) is 59.7 Å². The molecule has 2 aromatic rings. The number of anilines is 1.